The van der Waals surface area contributed by atoms with Gasteiger partial charge in [0.05, 0.1) is 6.54 Å². The molecule has 2 heterocycles. The fourth-order valence-electron chi connectivity index (χ4n) is 3.30. The van der Waals surface area contributed by atoms with E-state index in [2.05, 4.69) is 74.6 Å². The van der Waals surface area contributed by atoms with Crippen LogP contribution >= 0.6 is 35.3 Å². The van der Waals surface area contributed by atoms with Crippen LogP contribution in [0.1, 0.15) is 16.8 Å². The van der Waals surface area contributed by atoms with Gasteiger partial charge in [0.1, 0.15) is 5.01 Å². The molecule has 1 unspecified atom stereocenters. The molecule has 2 N–H and O–H groups in total. The van der Waals surface area contributed by atoms with Crippen LogP contribution in [0.5, 0.6) is 0 Å². The minimum Gasteiger partial charge on any atom is -0.369 e. The van der Waals surface area contributed by atoms with E-state index in [0.29, 0.717) is 12.6 Å². The molecule has 8 heteroatoms. The number of benzene rings is 1. The van der Waals surface area contributed by atoms with Gasteiger partial charge in [-0.25, -0.2) is 4.98 Å². The van der Waals surface area contributed by atoms with Crippen LogP contribution in [0.4, 0.5) is 5.69 Å². The van der Waals surface area contributed by atoms with Crippen molar-refractivity contribution in [2.45, 2.75) is 26.4 Å². The first-order valence-electron chi connectivity index (χ1n) is 9.55. The highest BCUT2D eigenvalue weighted by Gasteiger charge is 2.21. The molecule has 0 bridgehead atoms. The molecule has 1 aromatic heterocycles. The average molecular weight is 514 g/mol. The van der Waals surface area contributed by atoms with Gasteiger partial charge < -0.3 is 15.5 Å². The van der Waals surface area contributed by atoms with Crippen LogP contribution in [0.15, 0.2) is 41.5 Å². The maximum atomic E-state index is 4.38. The molecule has 0 amide bonds. The minimum atomic E-state index is 0. The molecule has 6 nitrogen and oxygen atoms in total. The van der Waals surface area contributed by atoms with E-state index in [1.165, 1.54) is 10.6 Å². The Kier molecular flexibility index (Phi) is 9.46. The van der Waals surface area contributed by atoms with Gasteiger partial charge in [-0.3, -0.25) is 9.89 Å². The number of hydrogen-bond donors (Lipinski definition) is 2. The van der Waals surface area contributed by atoms with E-state index >= 15 is 0 Å². The Balaban J connectivity index is 0.00000280. The predicted octanol–water partition coefficient (Wildman–Crippen LogP) is 2.95. The fraction of sp³-hybridized carbons (Fsp3) is 0.500. The van der Waals surface area contributed by atoms with E-state index < -0.39 is 0 Å². The van der Waals surface area contributed by atoms with Crippen molar-refractivity contribution in [1.29, 1.82) is 0 Å². The Bertz CT molecular complexity index is 727. The van der Waals surface area contributed by atoms with E-state index in [-0.39, 0.29) is 24.0 Å². The van der Waals surface area contributed by atoms with Crippen molar-refractivity contribution in [3.63, 3.8) is 0 Å². The van der Waals surface area contributed by atoms with Crippen molar-refractivity contribution in [3.05, 3.63) is 46.4 Å². The summed E-state index contributed by atoms with van der Waals surface area (Å²) in [5.41, 5.74) is 1.32. The first kappa shape index (κ1) is 22.9. The van der Waals surface area contributed by atoms with Gasteiger partial charge in [-0.15, -0.1) is 35.3 Å². The maximum absolute atomic E-state index is 4.38. The average Bonchev–Trinajstić information content (AvgIpc) is 3.14. The van der Waals surface area contributed by atoms with Crippen molar-refractivity contribution < 1.29 is 0 Å². The van der Waals surface area contributed by atoms with E-state index in [9.17, 15) is 0 Å². The summed E-state index contributed by atoms with van der Waals surface area (Å²) in [6.07, 6.45) is 1.91. The summed E-state index contributed by atoms with van der Waals surface area (Å²) in [5, 5.41) is 7.88. The monoisotopic (exact) mass is 514 g/mol. The summed E-state index contributed by atoms with van der Waals surface area (Å²) in [6.45, 7) is 10.3. The molecule has 1 fully saturated rings. The minimum absolute atomic E-state index is 0. The first-order valence-corrected chi connectivity index (χ1v) is 10.4. The molecule has 28 heavy (non-hydrogen) atoms. The molecule has 1 aromatic carbocycles. The number of para-hydroxylation sites is 1. The third kappa shape index (κ3) is 6.59. The van der Waals surface area contributed by atoms with Gasteiger partial charge in [-0.2, -0.15) is 0 Å². The molecule has 0 saturated carbocycles. The number of hydrogen-bond acceptors (Lipinski definition) is 5. The second-order valence-corrected chi connectivity index (χ2v) is 8.20. The zero-order valence-electron chi connectivity index (χ0n) is 16.9. The lowest BCUT2D eigenvalue weighted by Crippen LogP contribution is -2.53. The zero-order valence-corrected chi connectivity index (χ0v) is 20.0. The number of nitrogens with zero attached hydrogens (tertiary/aromatic N) is 4. The van der Waals surface area contributed by atoms with Crippen molar-refractivity contribution >= 4 is 47.0 Å². The van der Waals surface area contributed by atoms with Gasteiger partial charge in [-0.1, -0.05) is 18.2 Å². The molecule has 2 aromatic rings. The predicted molar refractivity (Wildman–Crippen MR) is 130 cm³/mol. The molecule has 3 rings (SSSR count). The summed E-state index contributed by atoms with van der Waals surface area (Å²) in [5.74, 6) is 0.831. The van der Waals surface area contributed by atoms with E-state index in [0.717, 1.165) is 43.7 Å². The maximum Gasteiger partial charge on any atom is 0.191 e. The summed E-state index contributed by atoms with van der Waals surface area (Å²) >= 11 is 1.72. The third-order valence-electron chi connectivity index (χ3n) is 4.92. The van der Waals surface area contributed by atoms with Crippen LogP contribution in [-0.4, -0.2) is 61.7 Å². The molecule has 0 aliphatic carbocycles. The Morgan fingerprint density at radius 2 is 1.89 bits per heavy atom. The summed E-state index contributed by atoms with van der Waals surface area (Å²) in [7, 11) is 1.81. The van der Waals surface area contributed by atoms with Crippen LogP contribution in [0.25, 0.3) is 0 Å². The number of aliphatic imine (C=N–C) groups is 1. The highest BCUT2D eigenvalue weighted by atomic mass is 127. The Hall–Kier alpha value is -1.39. The quantitative estimate of drug-likeness (QED) is 0.353. The van der Waals surface area contributed by atoms with Gasteiger partial charge in [0.15, 0.2) is 5.96 Å². The number of aryl methyl sites for hydroxylation is 1. The topological polar surface area (TPSA) is 55.8 Å². The van der Waals surface area contributed by atoms with Gasteiger partial charge in [0.2, 0.25) is 0 Å². The lowest BCUT2D eigenvalue weighted by Gasteiger charge is -2.39. The first-order chi connectivity index (χ1) is 13.2. The number of piperazine rings is 1. The molecule has 1 saturated heterocycles. The summed E-state index contributed by atoms with van der Waals surface area (Å²) < 4.78 is 0. The number of halogens is 1. The summed E-state index contributed by atoms with van der Waals surface area (Å²) in [6, 6.07) is 11.1. The number of anilines is 1. The van der Waals surface area contributed by atoms with Gasteiger partial charge in [-0.05, 0) is 26.0 Å². The number of guanidine groups is 1. The van der Waals surface area contributed by atoms with Gasteiger partial charge in [0, 0.05) is 62.6 Å². The number of nitrogens with one attached hydrogen (secondary N) is 2. The van der Waals surface area contributed by atoms with Crippen LogP contribution in [0.3, 0.4) is 0 Å². The Labute approximate surface area is 189 Å². The smallest absolute Gasteiger partial charge is 0.191 e. The Morgan fingerprint density at radius 3 is 2.50 bits per heavy atom. The number of thiazole rings is 1. The van der Waals surface area contributed by atoms with E-state index in [1.807, 2.05) is 13.2 Å². The standard InChI is InChI=1S/C20H30N6S.HI/c1-16(13-23-20(21-3)24-15-19-22-14-17(2)27-19)25-9-11-26(12-10-25)18-7-5-4-6-8-18;/h4-8,14,16H,9-13,15H2,1-3H3,(H2,21,23,24);1H. The van der Waals surface area contributed by atoms with Crippen molar-refractivity contribution in [2.75, 3.05) is 44.7 Å². The SMILES string of the molecule is CN=C(NCc1ncc(C)s1)NCC(C)N1CCN(c2ccccc2)CC1.I. The number of aromatic nitrogens is 1. The van der Waals surface area contributed by atoms with E-state index in [4.69, 9.17) is 0 Å². The molecule has 0 spiro atoms. The second kappa shape index (κ2) is 11.6. The van der Waals surface area contributed by atoms with Gasteiger partial charge >= 0.3 is 0 Å². The molecule has 1 aliphatic heterocycles. The molecular weight excluding hydrogens is 483 g/mol. The molecule has 154 valence electrons. The van der Waals surface area contributed by atoms with Crippen molar-refractivity contribution in [2.24, 2.45) is 4.99 Å². The van der Waals surface area contributed by atoms with Crippen molar-refractivity contribution in [1.82, 2.24) is 20.5 Å². The van der Waals surface area contributed by atoms with Crippen LogP contribution < -0.4 is 15.5 Å². The largest absolute Gasteiger partial charge is 0.369 e. The second-order valence-electron chi connectivity index (χ2n) is 6.88. The highest BCUT2D eigenvalue weighted by molar-refractivity contribution is 14.0. The third-order valence-corrected chi connectivity index (χ3v) is 5.84. The molecular formula is C20H31IN6S. The fourth-order valence-corrected chi connectivity index (χ4v) is 4.02. The Morgan fingerprint density at radius 1 is 1.18 bits per heavy atom. The number of rotatable bonds is 6. The lowest BCUT2D eigenvalue weighted by atomic mass is 10.2. The summed E-state index contributed by atoms with van der Waals surface area (Å²) in [4.78, 5) is 15.0. The van der Waals surface area contributed by atoms with Crippen LogP contribution in [0, 0.1) is 6.92 Å². The lowest BCUT2D eigenvalue weighted by molar-refractivity contribution is 0.197. The van der Waals surface area contributed by atoms with Crippen LogP contribution in [-0.2, 0) is 6.54 Å². The van der Waals surface area contributed by atoms with Crippen molar-refractivity contribution in [3.8, 4) is 0 Å². The highest BCUT2D eigenvalue weighted by Crippen LogP contribution is 2.16. The molecule has 1 aliphatic rings. The molecule has 0 radical (unpaired) electrons. The van der Waals surface area contributed by atoms with Gasteiger partial charge in [0.25, 0.3) is 0 Å². The van der Waals surface area contributed by atoms with E-state index in [1.54, 1.807) is 11.3 Å². The molecule has 1 atom stereocenters. The van der Waals surface area contributed by atoms with Crippen LogP contribution in [0.2, 0.25) is 0 Å². The normalized spacial score (nSPS) is 16.4. The zero-order chi connectivity index (χ0) is 19.1.